The maximum Gasteiger partial charge on any atom is 0.252 e. The first-order valence-electron chi connectivity index (χ1n) is 7.12. The fourth-order valence-corrected chi connectivity index (χ4v) is 6.15. The molecule has 0 aromatic carbocycles. The lowest BCUT2D eigenvalue weighted by molar-refractivity contribution is 0.342. The van der Waals surface area contributed by atoms with Gasteiger partial charge in [0.15, 0.2) is 0 Å². The van der Waals surface area contributed by atoms with E-state index in [2.05, 4.69) is 4.98 Å². The summed E-state index contributed by atoms with van der Waals surface area (Å²) in [6.45, 7) is 2.97. The topological polar surface area (TPSA) is 53.5 Å². The number of rotatable bonds is 3. The van der Waals surface area contributed by atoms with Crippen molar-refractivity contribution in [1.29, 1.82) is 0 Å². The van der Waals surface area contributed by atoms with E-state index < -0.39 is 15.8 Å². The van der Waals surface area contributed by atoms with Crippen LogP contribution in [0, 0.1) is 5.82 Å². The molecule has 0 N–H and O–H groups in total. The van der Waals surface area contributed by atoms with Crippen molar-refractivity contribution in [2.75, 3.05) is 24.5 Å². The predicted octanol–water partition coefficient (Wildman–Crippen LogP) is 3.49. The first-order chi connectivity index (χ1) is 11.3. The van der Waals surface area contributed by atoms with Crippen LogP contribution in [-0.4, -0.2) is 43.4 Å². The summed E-state index contributed by atoms with van der Waals surface area (Å²) >= 11 is 12.7. The molecule has 24 heavy (non-hydrogen) atoms. The Bertz CT molecular complexity index is 823. The van der Waals surface area contributed by atoms with Gasteiger partial charge in [0.05, 0.1) is 11.2 Å². The molecule has 1 atom stereocenters. The first-order valence-corrected chi connectivity index (χ1v) is 10.1. The van der Waals surface area contributed by atoms with Gasteiger partial charge in [0.1, 0.15) is 20.2 Å². The Morgan fingerprint density at radius 3 is 2.62 bits per heavy atom. The molecule has 0 spiro atoms. The highest BCUT2D eigenvalue weighted by Crippen LogP contribution is 2.36. The Hall–Kier alpha value is -0.930. The van der Waals surface area contributed by atoms with E-state index in [1.165, 1.54) is 16.4 Å². The van der Waals surface area contributed by atoms with Gasteiger partial charge >= 0.3 is 0 Å². The zero-order valence-electron chi connectivity index (χ0n) is 12.6. The van der Waals surface area contributed by atoms with Crippen molar-refractivity contribution in [1.82, 2.24) is 9.29 Å². The van der Waals surface area contributed by atoms with Gasteiger partial charge in [0, 0.05) is 25.7 Å². The molecule has 1 aliphatic rings. The van der Waals surface area contributed by atoms with E-state index >= 15 is 0 Å². The van der Waals surface area contributed by atoms with Crippen LogP contribution in [0.25, 0.3) is 0 Å². The van der Waals surface area contributed by atoms with E-state index in [4.69, 9.17) is 23.2 Å². The number of thiophene rings is 1. The maximum absolute atomic E-state index is 13.0. The maximum atomic E-state index is 13.0. The van der Waals surface area contributed by atoms with Crippen molar-refractivity contribution in [3.05, 3.63) is 39.6 Å². The molecule has 0 bridgehead atoms. The summed E-state index contributed by atoms with van der Waals surface area (Å²) in [6, 6.07) is 4.21. The summed E-state index contributed by atoms with van der Waals surface area (Å²) in [7, 11) is -3.63. The van der Waals surface area contributed by atoms with E-state index in [9.17, 15) is 12.8 Å². The molecule has 130 valence electrons. The van der Waals surface area contributed by atoms with Crippen molar-refractivity contribution in [3.8, 4) is 0 Å². The van der Waals surface area contributed by atoms with Gasteiger partial charge in [-0.25, -0.2) is 17.8 Å². The third-order valence-electron chi connectivity index (χ3n) is 3.81. The molecule has 3 heterocycles. The molecule has 1 fully saturated rings. The van der Waals surface area contributed by atoms with Crippen molar-refractivity contribution in [3.63, 3.8) is 0 Å². The van der Waals surface area contributed by atoms with Crippen molar-refractivity contribution in [2.45, 2.75) is 17.2 Å². The van der Waals surface area contributed by atoms with Gasteiger partial charge in [-0.2, -0.15) is 4.31 Å². The fraction of sp³-hybridized carbons (Fsp3) is 0.357. The number of hydrogen-bond donors (Lipinski definition) is 0. The highest BCUT2D eigenvalue weighted by Gasteiger charge is 2.34. The zero-order chi connectivity index (χ0) is 17.5. The minimum Gasteiger partial charge on any atom is -0.351 e. The number of hydrogen-bond acceptors (Lipinski definition) is 5. The SMILES string of the molecule is CC1CN(S(=O)(=O)c2cc(Cl)c(Cl)s2)CCN1c1ccc(F)cn1. The van der Waals surface area contributed by atoms with Crippen LogP contribution in [-0.2, 0) is 10.0 Å². The third kappa shape index (κ3) is 3.39. The Kier molecular flexibility index (Phi) is 5.04. The van der Waals surface area contributed by atoms with Gasteiger partial charge in [-0.15, -0.1) is 11.3 Å². The lowest BCUT2D eigenvalue weighted by atomic mass is 10.2. The molecule has 1 saturated heterocycles. The largest absolute Gasteiger partial charge is 0.351 e. The van der Waals surface area contributed by atoms with Gasteiger partial charge in [0.25, 0.3) is 10.0 Å². The molecule has 10 heteroatoms. The van der Waals surface area contributed by atoms with Gasteiger partial charge < -0.3 is 4.90 Å². The predicted molar refractivity (Wildman–Crippen MR) is 94.1 cm³/mol. The normalized spacial score (nSPS) is 19.7. The number of halogens is 3. The van der Waals surface area contributed by atoms with Gasteiger partial charge in [-0.3, -0.25) is 0 Å². The van der Waals surface area contributed by atoms with Crippen LogP contribution in [0.5, 0.6) is 0 Å². The zero-order valence-corrected chi connectivity index (χ0v) is 15.8. The number of anilines is 1. The average molecular weight is 410 g/mol. The fourth-order valence-electron chi connectivity index (χ4n) is 2.60. The summed E-state index contributed by atoms with van der Waals surface area (Å²) < 4.78 is 40.3. The monoisotopic (exact) mass is 409 g/mol. The second kappa shape index (κ2) is 6.76. The Morgan fingerprint density at radius 1 is 1.33 bits per heavy atom. The number of piperazine rings is 1. The van der Waals surface area contributed by atoms with Crippen LogP contribution in [0.2, 0.25) is 9.36 Å². The molecule has 0 saturated carbocycles. The van der Waals surface area contributed by atoms with Crippen molar-refractivity contribution < 1.29 is 12.8 Å². The number of nitrogens with zero attached hydrogens (tertiary/aromatic N) is 3. The van der Waals surface area contributed by atoms with Crippen molar-refractivity contribution in [2.24, 2.45) is 0 Å². The van der Waals surface area contributed by atoms with Crippen LogP contribution in [0.3, 0.4) is 0 Å². The summed E-state index contributed by atoms with van der Waals surface area (Å²) in [6.07, 6.45) is 1.15. The summed E-state index contributed by atoms with van der Waals surface area (Å²) in [5, 5.41) is 0.238. The highest BCUT2D eigenvalue weighted by molar-refractivity contribution is 7.91. The van der Waals surface area contributed by atoms with E-state index in [1.807, 2.05) is 11.8 Å². The Labute approximate surface area is 153 Å². The molecule has 2 aromatic rings. The standard InChI is InChI=1S/C14H14Cl2FN3O2S2/c1-9-8-19(24(21,22)13-6-11(15)14(16)23-13)4-5-20(9)12-3-2-10(17)7-18-12/h2-3,6-7,9H,4-5,8H2,1H3. The lowest BCUT2D eigenvalue weighted by Crippen LogP contribution is -2.53. The van der Waals surface area contributed by atoms with Crippen LogP contribution in [0.15, 0.2) is 28.6 Å². The van der Waals surface area contributed by atoms with E-state index in [-0.39, 0.29) is 19.6 Å². The summed E-state index contributed by atoms with van der Waals surface area (Å²) in [5.41, 5.74) is 0. The highest BCUT2D eigenvalue weighted by atomic mass is 35.5. The molecule has 1 aliphatic heterocycles. The number of aromatic nitrogens is 1. The second-order valence-electron chi connectivity index (χ2n) is 5.43. The van der Waals surface area contributed by atoms with E-state index in [1.54, 1.807) is 6.07 Å². The van der Waals surface area contributed by atoms with Gasteiger partial charge in [0.2, 0.25) is 0 Å². The van der Waals surface area contributed by atoms with E-state index in [0.717, 1.165) is 17.5 Å². The van der Waals surface area contributed by atoms with Gasteiger partial charge in [-0.1, -0.05) is 23.2 Å². The molecular weight excluding hydrogens is 396 g/mol. The van der Waals surface area contributed by atoms with Gasteiger partial charge in [-0.05, 0) is 25.1 Å². The lowest BCUT2D eigenvalue weighted by Gasteiger charge is -2.39. The van der Waals surface area contributed by atoms with Crippen LogP contribution in [0.4, 0.5) is 10.2 Å². The Morgan fingerprint density at radius 2 is 2.08 bits per heavy atom. The second-order valence-corrected chi connectivity index (χ2v) is 9.65. The van der Waals surface area contributed by atoms with Crippen molar-refractivity contribution >= 4 is 50.4 Å². The molecular formula is C14H14Cl2FN3O2S2. The molecule has 1 unspecified atom stereocenters. The smallest absolute Gasteiger partial charge is 0.252 e. The first kappa shape index (κ1) is 17.9. The van der Waals surface area contributed by atoms with Crippen LogP contribution >= 0.6 is 34.5 Å². The quantitative estimate of drug-likeness (QED) is 0.778. The third-order valence-corrected chi connectivity index (χ3v) is 7.99. The number of sulfonamides is 1. The minimum absolute atomic E-state index is 0.0996. The minimum atomic E-state index is -3.63. The molecule has 3 rings (SSSR count). The average Bonchev–Trinajstić information content (AvgIpc) is 2.88. The molecule has 5 nitrogen and oxygen atoms in total. The molecule has 0 aliphatic carbocycles. The number of pyridine rings is 1. The molecule has 0 radical (unpaired) electrons. The molecule has 2 aromatic heterocycles. The summed E-state index contributed by atoms with van der Waals surface area (Å²) in [4.78, 5) is 6.02. The molecule has 0 amide bonds. The Balaban J connectivity index is 1.78. The van der Waals surface area contributed by atoms with E-state index in [0.29, 0.717) is 25.5 Å². The van der Waals surface area contributed by atoms with Crippen LogP contribution in [0.1, 0.15) is 6.92 Å². The summed E-state index contributed by atoms with van der Waals surface area (Å²) in [5.74, 6) is 0.224. The van der Waals surface area contributed by atoms with Crippen LogP contribution < -0.4 is 4.90 Å².